The summed E-state index contributed by atoms with van der Waals surface area (Å²) in [4.78, 5) is 42.0. The Labute approximate surface area is 181 Å². The molecule has 1 aromatic heterocycles. The summed E-state index contributed by atoms with van der Waals surface area (Å²) in [5, 5.41) is 2.72. The zero-order chi connectivity index (χ0) is 22.5. The van der Waals surface area contributed by atoms with Crippen LogP contribution in [0.3, 0.4) is 0 Å². The maximum absolute atomic E-state index is 12.4. The number of amides is 1. The SMILES string of the molecule is Cc1[nH]c(C(=O)OCC(=O)Nc2ccc(N3CCCC3)cc2)c(C)c1C(=O)OC(C)C. The van der Waals surface area contributed by atoms with Crippen molar-refractivity contribution in [3.05, 3.63) is 46.8 Å². The number of aryl methyl sites for hydroxylation is 1. The molecule has 1 aliphatic heterocycles. The van der Waals surface area contributed by atoms with E-state index in [0.717, 1.165) is 18.8 Å². The van der Waals surface area contributed by atoms with Gasteiger partial charge in [0.2, 0.25) is 0 Å². The van der Waals surface area contributed by atoms with Crippen molar-refractivity contribution in [2.45, 2.75) is 46.6 Å². The van der Waals surface area contributed by atoms with Gasteiger partial charge in [0, 0.05) is 30.2 Å². The highest BCUT2D eigenvalue weighted by molar-refractivity contribution is 6.00. The van der Waals surface area contributed by atoms with Crippen LogP contribution in [0.5, 0.6) is 0 Å². The van der Waals surface area contributed by atoms with Crippen molar-refractivity contribution in [3.8, 4) is 0 Å². The van der Waals surface area contributed by atoms with Gasteiger partial charge in [0.1, 0.15) is 5.69 Å². The molecular weight excluding hydrogens is 398 g/mol. The predicted octanol–water partition coefficient (Wildman–Crippen LogP) is 3.59. The van der Waals surface area contributed by atoms with E-state index in [4.69, 9.17) is 9.47 Å². The molecule has 0 radical (unpaired) electrons. The summed E-state index contributed by atoms with van der Waals surface area (Å²) in [7, 11) is 0. The Morgan fingerprint density at radius 2 is 1.71 bits per heavy atom. The van der Waals surface area contributed by atoms with E-state index in [1.807, 2.05) is 24.3 Å². The van der Waals surface area contributed by atoms with E-state index in [9.17, 15) is 14.4 Å². The number of nitrogens with zero attached hydrogens (tertiary/aromatic N) is 1. The van der Waals surface area contributed by atoms with Crippen molar-refractivity contribution in [2.24, 2.45) is 0 Å². The van der Waals surface area contributed by atoms with Gasteiger partial charge in [0.25, 0.3) is 5.91 Å². The van der Waals surface area contributed by atoms with Gasteiger partial charge in [-0.2, -0.15) is 0 Å². The van der Waals surface area contributed by atoms with Gasteiger partial charge in [-0.3, -0.25) is 4.79 Å². The van der Waals surface area contributed by atoms with Crippen LogP contribution < -0.4 is 10.2 Å². The van der Waals surface area contributed by atoms with Crippen molar-refractivity contribution in [3.63, 3.8) is 0 Å². The summed E-state index contributed by atoms with van der Waals surface area (Å²) in [6.07, 6.45) is 2.12. The average Bonchev–Trinajstić information content (AvgIpc) is 3.34. The second-order valence-electron chi connectivity index (χ2n) is 7.94. The van der Waals surface area contributed by atoms with Crippen molar-refractivity contribution < 1.29 is 23.9 Å². The third-order valence-corrected chi connectivity index (χ3v) is 5.15. The van der Waals surface area contributed by atoms with E-state index in [1.165, 1.54) is 12.8 Å². The van der Waals surface area contributed by atoms with Crippen molar-refractivity contribution >= 4 is 29.2 Å². The topological polar surface area (TPSA) is 101 Å². The summed E-state index contributed by atoms with van der Waals surface area (Å²) in [5.41, 5.74) is 3.16. The molecule has 2 heterocycles. The van der Waals surface area contributed by atoms with Gasteiger partial charge in [-0.15, -0.1) is 0 Å². The number of benzene rings is 1. The highest BCUT2D eigenvalue weighted by Crippen LogP contribution is 2.22. The summed E-state index contributed by atoms with van der Waals surface area (Å²) < 4.78 is 10.4. The largest absolute Gasteiger partial charge is 0.459 e. The number of carbonyl (C=O) groups is 3. The van der Waals surface area contributed by atoms with Crippen molar-refractivity contribution in [1.29, 1.82) is 0 Å². The Hall–Kier alpha value is -3.29. The van der Waals surface area contributed by atoms with Gasteiger partial charge in [0.05, 0.1) is 11.7 Å². The molecule has 3 rings (SSSR count). The molecule has 0 saturated carbocycles. The van der Waals surface area contributed by atoms with Crippen LogP contribution in [0, 0.1) is 13.8 Å². The smallest absolute Gasteiger partial charge is 0.355 e. The minimum atomic E-state index is -0.705. The Morgan fingerprint density at radius 3 is 2.32 bits per heavy atom. The fraction of sp³-hybridized carbons (Fsp3) is 0.435. The molecule has 8 nitrogen and oxygen atoms in total. The Bertz CT molecular complexity index is 956. The highest BCUT2D eigenvalue weighted by Gasteiger charge is 2.25. The van der Waals surface area contributed by atoms with Crippen LogP contribution in [0.15, 0.2) is 24.3 Å². The molecule has 1 aromatic carbocycles. The predicted molar refractivity (Wildman–Crippen MR) is 118 cm³/mol. The number of rotatable bonds is 7. The number of ether oxygens (including phenoxy) is 2. The summed E-state index contributed by atoms with van der Waals surface area (Å²) in [6.45, 7) is 8.49. The standard InChI is InChI=1S/C23H29N3O5/c1-14(2)31-22(28)20-15(3)21(24-16(20)4)23(29)30-13-19(27)25-17-7-9-18(10-8-17)26-11-5-6-12-26/h7-10,14,24H,5-6,11-13H2,1-4H3,(H,25,27). The van der Waals surface area contributed by atoms with Gasteiger partial charge < -0.3 is 24.7 Å². The van der Waals surface area contributed by atoms with Crippen molar-refractivity contribution in [1.82, 2.24) is 4.98 Å². The zero-order valence-corrected chi connectivity index (χ0v) is 18.4. The first-order valence-electron chi connectivity index (χ1n) is 10.5. The van der Waals surface area contributed by atoms with Crippen LogP contribution in [0.1, 0.15) is 58.8 Å². The summed E-state index contributed by atoms with van der Waals surface area (Å²) >= 11 is 0. The number of carbonyl (C=O) groups excluding carboxylic acids is 3. The monoisotopic (exact) mass is 427 g/mol. The van der Waals surface area contributed by atoms with E-state index in [-0.39, 0.29) is 11.8 Å². The maximum atomic E-state index is 12.4. The van der Waals surface area contributed by atoms with Gasteiger partial charge in [-0.25, -0.2) is 9.59 Å². The molecule has 0 unspecified atom stereocenters. The van der Waals surface area contributed by atoms with Gasteiger partial charge >= 0.3 is 11.9 Å². The minimum Gasteiger partial charge on any atom is -0.459 e. The van der Waals surface area contributed by atoms with E-state index < -0.39 is 24.5 Å². The number of hydrogen-bond acceptors (Lipinski definition) is 6. The molecule has 8 heteroatoms. The quantitative estimate of drug-likeness (QED) is 0.655. The Balaban J connectivity index is 1.55. The van der Waals surface area contributed by atoms with E-state index >= 15 is 0 Å². The zero-order valence-electron chi connectivity index (χ0n) is 18.4. The number of H-pyrrole nitrogens is 1. The van der Waals surface area contributed by atoms with Crippen LogP contribution in [0.25, 0.3) is 0 Å². The first-order valence-corrected chi connectivity index (χ1v) is 10.5. The molecule has 1 fully saturated rings. The fourth-order valence-electron chi connectivity index (χ4n) is 3.66. The van der Waals surface area contributed by atoms with E-state index in [1.54, 1.807) is 27.7 Å². The van der Waals surface area contributed by atoms with Gasteiger partial charge in [0.15, 0.2) is 6.61 Å². The van der Waals surface area contributed by atoms with Crippen LogP contribution in [-0.4, -0.2) is 48.6 Å². The molecule has 2 aromatic rings. The third kappa shape index (κ3) is 5.45. The molecular formula is C23H29N3O5. The van der Waals surface area contributed by atoms with E-state index in [0.29, 0.717) is 22.5 Å². The lowest BCUT2D eigenvalue weighted by Crippen LogP contribution is -2.21. The average molecular weight is 428 g/mol. The molecule has 0 bridgehead atoms. The lowest BCUT2D eigenvalue weighted by molar-refractivity contribution is -0.119. The lowest BCUT2D eigenvalue weighted by Gasteiger charge is -2.17. The Morgan fingerprint density at radius 1 is 1.06 bits per heavy atom. The number of aromatic nitrogens is 1. The van der Waals surface area contributed by atoms with Gasteiger partial charge in [-0.1, -0.05) is 0 Å². The molecule has 0 atom stereocenters. The molecule has 0 aliphatic carbocycles. The van der Waals surface area contributed by atoms with Crippen molar-refractivity contribution in [2.75, 3.05) is 29.9 Å². The number of aromatic amines is 1. The molecule has 1 aliphatic rings. The number of hydrogen-bond donors (Lipinski definition) is 2. The number of anilines is 2. The van der Waals surface area contributed by atoms with Crippen LogP contribution in [0.4, 0.5) is 11.4 Å². The fourth-order valence-corrected chi connectivity index (χ4v) is 3.66. The highest BCUT2D eigenvalue weighted by atomic mass is 16.5. The summed E-state index contributed by atoms with van der Waals surface area (Å²) in [5.74, 6) is -1.65. The lowest BCUT2D eigenvalue weighted by atomic mass is 10.1. The van der Waals surface area contributed by atoms with Gasteiger partial charge in [-0.05, 0) is 70.4 Å². The van der Waals surface area contributed by atoms with Crippen LogP contribution >= 0.6 is 0 Å². The van der Waals surface area contributed by atoms with Crippen LogP contribution in [0.2, 0.25) is 0 Å². The number of nitrogens with one attached hydrogen (secondary N) is 2. The first-order chi connectivity index (χ1) is 14.8. The Kier molecular flexibility index (Phi) is 6.99. The third-order valence-electron chi connectivity index (χ3n) is 5.15. The maximum Gasteiger partial charge on any atom is 0.355 e. The minimum absolute atomic E-state index is 0.135. The molecule has 0 spiro atoms. The molecule has 166 valence electrons. The molecule has 31 heavy (non-hydrogen) atoms. The second kappa shape index (κ2) is 9.68. The number of esters is 2. The van der Waals surface area contributed by atoms with E-state index in [2.05, 4.69) is 15.2 Å². The normalized spacial score (nSPS) is 13.4. The second-order valence-corrected chi connectivity index (χ2v) is 7.94. The van der Waals surface area contributed by atoms with Crippen LogP contribution in [-0.2, 0) is 14.3 Å². The molecule has 2 N–H and O–H groups in total. The molecule has 1 amide bonds. The first kappa shape index (κ1) is 22.4. The summed E-state index contributed by atoms with van der Waals surface area (Å²) in [6, 6.07) is 7.60. The molecule has 1 saturated heterocycles.